The van der Waals surface area contributed by atoms with Crippen LogP contribution in [0.2, 0.25) is 0 Å². The predicted molar refractivity (Wildman–Crippen MR) is 51.6 cm³/mol. The third-order valence-corrected chi connectivity index (χ3v) is 2.74. The first-order valence-electron chi connectivity index (χ1n) is 3.99. The number of hydrogen-bond donors (Lipinski definition) is 1. The van der Waals surface area contributed by atoms with Crippen LogP contribution in [0, 0.1) is 0 Å². The van der Waals surface area contributed by atoms with E-state index in [0.29, 0.717) is 0 Å². The van der Waals surface area contributed by atoms with Crippen LogP contribution in [-0.2, 0) is 10.0 Å². The van der Waals surface area contributed by atoms with Gasteiger partial charge >= 0.3 is 15.5 Å². The summed E-state index contributed by atoms with van der Waals surface area (Å²) in [5, 5.41) is 0. The van der Waals surface area contributed by atoms with E-state index in [-0.39, 0.29) is 11.4 Å². The van der Waals surface area contributed by atoms with Crippen molar-refractivity contribution in [3.05, 3.63) is 24.3 Å². The molecule has 0 radical (unpaired) electrons. The predicted octanol–water partition coefficient (Wildman–Crippen LogP) is 1.96. The van der Waals surface area contributed by atoms with Crippen molar-refractivity contribution in [1.29, 1.82) is 0 Å². The van der Waals surface area contributed by atoms with E-state index in [1.165, 1.54) is 30.0 Å². The zero-order chi connectivity index (χ0) is 12.4. The Balaban J connectivity index is 2.97. The minimum Gasteiger partial charge on any atom is -0.497 e. The molecular formula is C8H8F3NO3S. The van der Waals surface area contributed by atoms with Crippen molar-refractivity contribution < 1.29 is 26.3 Å². The Morgan fingerprint density at radius 1 is 1.31 bits per heavy atom. The van der Waals surface area contributed by atoms with Crippen LogP contribution in [0.3, 0.4) is 0 Å². The maximum Gasteiger partial charge on any atom is 0.516 e. The second-order valence-corrected chi connectivity index (χ2v) is 4.46. The van der Waals surface area contributed by atoms with E-state index in [1.54, 1.807) is 0 Å². The minimum atomic E-state index is -5.38. The van der Waals surface area contributed by atoms with Gasteiger partial charge in [0, 0.05) is 6.07 Å². The van der Waals surface area contributed by atoms with Crippen LogP contribution < -0.4 is 9.46 Å². The number of rotatable bonds is 3. The number of halogens is 3. The Labute approximate surface area is 90.1 Å². The second-order valence-electron chi connectivity index (χ2n) is 2.78. The van der Waals surface area contributed by atoms with Gasteiger partial charge in [0.2, 0.25) is 0 Å². The van der Waals surface area contributed by atoms with Crippen molar-refractivity contribution in [3.63, 3.8) is 0 Å². The smallest absolute Gasteiger partial charge is 0.497 e. The van der Waals surface area contributed by atoms with Gasteiger partial charge in [0.1, 0.15) is 5.75 Å². The van der Waals surface area contributed by atoms with E-state index in [4.69, 9.17) is 4.74 Å². The summed E-state index contributed by atoms with van der Waals surface area (Å²) in [5.41, 5.74) is -5.55. The van der Waals surface area contributed by atoms with Gasteiger partial charge in [0.05, 0.1) is 12.8 Å². The maximum absolute atomic E-state index is 12.0. The van der Waals surface area contributed by atoms with Crippen molar-refractivity contribution in [2.24, 2.45) is 0 Å². The maximum atomic E-state index is 12.0. The van der Waals surface area contributed by atoms with Gasteiger partial charge in [-0.15, -0.1) is 0 Å². The van der Waals surface area contributed by atoms with Crippen LogP contribution >= 0.6 is 0 Å². The molecule has 1 rings (SSSR count). The largest absolute Gasteiger partial charge is 0.516 e. The number of alkyl halides is 3. The molecule has 0 amide bonds. The molecule has 1 N–H and O–H groups in total. The Morgan fingerprint density at radius 3 is 2.44 bits per heavy atom. The van der Waals surface area contributed by atoms with Gasteiger partial charge in [-0.25, -0.2) is 0 Å². The van der Waals surface area contributed by atoms with Gasteiger partial charge in [-0.05, 0) is 12.1 Å². The monoisotopic (exact) mass is 255 g/mol. The zero-order valence-corrected chi connectivity index (χ0v) is 8.89. The molecule has 0 aliphatic rings. The lowest BCUT2D eigenvalue weighted by Crippen LogP contribution is -2.29. The molecule has 0 aromatic heterocycles. The SMILES string of the molecule is COc1cccc(NS(=O)(=O)C(F)(F)F)c1. The normalized spacial score (nSPS) is 12.2. The summed E-state index contributed by atoms with van der Waals surface area (Å²) in [6, 6.07) is 5.17. The lowest BCUT2D eigenvalue weighted by atomic mass is 10.3. The summed E-state index contributed by atoms with van der Waals surface area (Å²) in [7, 11) is -4.06. The molecule has 0 aliphatic carbocycles. The molecule has 0 fully saturated rings. The Morgan fingerprint density at radius 2 is 1.94 bits per heavy atom. The average Bonchev–Trinajstić information content (AvgIpc) is 2.15. The number of anilines is 1. The highest BCUT2D eigenvalue weighted by molar-refractivity contribution is 7.93. The van der Waals surface area contributed by atoms with Gasteiger partial charge in [0.15, 0.2) is 0 Å². The van der Waals surface area contributed by atoms with E-state index < -0.39 is 15.5 Å². The molecule has 0 heterocycles. The quantitative estimate of drug-likeness (QED) is 0.898. The second kappa shape index (κ2) is 4.20. The number of benzene rings is 1. The van der Waals surface area contributed by atoms with E-state index in [1.807, 2.05) is 0 Å². The third-order valence-electron chi connectivity index (χ3n) is 1.63. The molecule has 0 atom stereocenters. The first kappa shape index (κ1) is 12.6. The number of methoxy groups -OCH3 is 1. The van der Waals surface area contributed by atoms with Gasteiger partial charge in [-0.3, -0.25) is 4.72 Å². The Bertz CT molecular complexity index is 470. The first-order chi connectivity index (χ1) is 7.26. The highest BCUT2D eigenvalue weighted by atomic mass is 32.2. The van der Waals surface area contributed by atoms with Crippen LogP contribution in [0.25, 0.3) is 0 Å². The summed E-state index contributed by atoms with van der Waals surface area (Å²) in [6.45, 7) is 0. The molecule has 8 heteroatoms. The number of nitrogens with one attached hydrogen (secondary N) is 1. The lowest BCUT2D eigenvalue weighted by molar-refractivity contribution is -0.0429. The lowest BCUT2D eigenvalue weighted by Gasteiger charge is -2.10. The topological polar surface area (TPSA) is 55.4 Å². The summed E-state index contributed by atoms with van der Waals surface area (Å²) >= 11 is 0. The third kappa shape index (κ3) is 2.78. The van der Waals surface area contributed by atoms with Crippen molar-refractivity contribution in [1.82, 2.24) is 0 Å². The van der Waals surface area contributed by atoms with E-state index in [9.17, 15) is 21.6 Å². The number of hydrogen-bond acceptors (Lipinski definition) is 3. The summed E-state index contributed by atoms with van der Waals surface area (Å²) in [5.74, 6) is 0.252. The molecule has 0 saturated heterocycles. The van der Waals surface area contributed by atoms with Gasteiger partial charge in [0.25, 0.3) is 0 Å². The molecule has 0 unspecified atom stereocenters. The highest BCUT2D eigenvalue weighted by Crippen LogP contribution is 2.26. The molecule has 0 saturated carbocycles. The summed E-state index contributed by atoms with van der Waals surface area (Å²) in [6.07, 6.45) is 0. The fourth-order valence-corrected chi connectivity index (χ4v) is 1.45. The molecular weight excluding hydrogens is 247 g/mol. The van der Waals surface area contributed by atoms with Crippen LogP contribution in [0.4, 0.5) is 18.9 Å². The minimum absolute atomic E-state index is 0.211. The first-order valence-corrected chi connectivity index (χ1v) is 5.48. The van der Waals surface area contributed by atoms with Crippen molar-refractivity contribution in [2.75, 3.05) is 11.8 Å². The molecule has 0 spiro atoms. The fourth-order valence-electron chi connectivity index (χ4n) is 0.900. The average molecular weight is 255 g/mol. The van der Waals surface area contributed by atoms with Crippen LogP contribution in [-0.4, -0.2) is 21.0 Å². The van der Waals surface area contributed by atoms with Gasteiger partial charge in [-0.2, -0.15) is 21.6 Å². The molecule has 4 nitrogen and oxygen atoms in total. The van der Waals surface area contributed by atoms with E-state index in [0.717, 1.165) is 6.07 Å². The van der Waals surface area contributed by atoms with Crippen molar-refractivity contribution in [3.8, 4) is 5.75 Å². The Kier molecular flexibility index (Phi) is 3.32. The Hall–Kier alpha value is -1.44. The molecule has 0 bridgehead atoms. The molecule has 1 aromatic carbocycles. The van der Waals surface area contributed by atoms with Gasteiger partial charge < -0.3 is 4.74 Å². The van der Waals surface area contributed by atoms with Crippen LogP contribution in [0.15, 0.2) is 24.3 Å². The van der Waals surface area contributed by atoms with Gasteiger partial charge in [-0.1, -0.05) is 6.07 Å². The number of ether oxygens (including phenoxy) is 1. The fraction of sp³-hybridized carbons (Fsp3) is 0.250. The van der Waals surface area contributed by atoms with E-state index >= 15 is 0 Å². The van der Waals surface area contributed by atoms with E-state index in [2.05, 4.69) is 0 Å². The highest BCUT2D eigenvalue weighted by Gasteiger charge is 2.46. The summed E-state index contributed by atoms with van der Waals surface area (Å²) in [4.78, 5) is 0. The molecule has 16 heavy (non-hydrogen) atoms. The van der Waals surface area contributed by atoms with Crippen LogP contribution in [0.1, 0.15) is 0 Å². The molecule has 90 valence electrons. The van der Waals surface area contributed by atoms with Crippen LogP contribution in [0.5, 0.6) is 5.75 Å². The summed E-state index contributed by atoms with van der Waals surface area (Å²) < 4.78 is 63.7. The number of sulfonamides is 1. The van der Waals surface area contributed by atoms with Crippen molar-refractivity contribution >= 4 is 15.7 Å². The van der Waals surface area contributed by atoms with Crippen molar-refractivity contribution in [2.45, 2.75) is 5.51 Å². The zero-order valence-electron chi connectivity index (χ0n) is 8.08. The standard InChI is InChI=1S/C8H8F3NO3S/c1-15-7-4-2-3-6(5-7)12-16(13,14)8(9,10)11/h2-5,12H,1H3. The molecule has 1 aromatic rings. The molecule has 0 aliphatic heterocycles.